The quantitative estimate of drug-likeness (QED) is 0.875. The predicted molar refractivity (Wildman–Crippen MR) is 70.8 cm³/mol. The molecule has 1 aliphatic rings. The summed E-state index contributed by atoms with van der Waals surface area (Å²) in [5.41, 5.74) is 0.960. The highest BCUT2D eigenvalue weighted by atomic mass is 35.5. The SMILES string of the molecule is Cl.N=C1SCCN1CCc1ccccc1O. The number of halogens is 1. The molecule has 0 aliphatic carbocycles. The van der Waals surface area contributed by atoms with Gasteiger partial charge in [0.25, 0.3) is 0 Å². The van der Waals surface area contributed by atoms with Crippen LogP contribution in [0.2, 0.25) is 0 Å². The average molecular weight is 259 g/mol. The Morgan fingerprint density at radius 2 is 2.12 bits per heavy atom. The highest BCUT2D eigenvalue weighted by Crippen LogP contribution is 2.19. The lowest BCUT2D eigenvalue weighted by atomic mass is 10.1. The van der Waals surface area contributed by atoms with E-state index in [1.807, 2.05) is 18.2 Å². The Hall–Kier alpha value is -0.870. The van der Waals surface area contributed by atoms with Crippen molar-refractivity contribution in [1.82, 2.24) is 4.90 Å². The second-order valence-corrected chi connectivity index (χ2v) is 4.60. The Kier molecular flexibility index (Phi) is 4.96. The van der Waals surface area contributed by atoms with Crippen LogP contribution >= 0.6 is 24.2 Å². The molecule has 0 bridgehead atoms. The van der Waals surface area contributed by atoms with Crippen molar-refractivity contribution >= 4 is 29.3 Å². The van der Waals surface area contributed by atoms with Crippen LogP contribution in [0.3, 0.4) is 0 Å². The number of phenolic OH excluding ortho intramolecular Hbond substituents is 1. The first kappa shape index (κ1) is 13.2. The van der Waals surface area contributed by atoms with Crippen molar-refractivity contribution in [2.24, 2.45) is 0 Å². The number of nitrogens with one attached hydrogen (secondary N) is 1. The fourth-order valence-electron chi connectivity index (χ4n) is 1.64. The number of rotatable bonds is 3. The highest BCUT2D eigenvalue weighted by Gasteiger charge is 2.17. The zero-order chi connectivity index (χ0) is 10.7. The van der Waals surface area contributed by atoms with Crippen LogP contribution in [0.25, 0.3) is 0 Å². The van der Waals surface area contributed by atoms with Crippen molar-refractivity contribution in [3.8, 4) is 5.75 Å². The maximum absolute atomic E-state index is 9.57. The van der Waals surface area contributed by atoms with Crippen LogP contribution in [0.5, 0.6) is 5.75 Å². The molecule has 5 heteroatoms. The molecule has 0 aromatic heterocycles. The largest absolute Gasteiger partial charge is 0.508 e. The number of benzene rings is 1. The molecular weight excluding hydrogens is 244 g/mol. The van der Waals surface area contributed by atoms with E-state index < -0.39 is 0 Å². The van der Waals surface area contributed by atoms with Crippen molar-refractivity contribution in [3.63, 3.8) is 0 Å². The maximum atomic E-state index is 9.57. The van der Waals surface area contributed by atoms with Crippen molar-refractivity contribution in [3.05, 3.63) is 29.8 Å². The number of aromatic hydroxyl groups is 1. The first-order valence-corrected chi connectivity index (χ1v) is 5.99. The van der Waals surface area contributed by atoms with Gasteiger partial charge in [0.15, 0.2) is 5.17 Å². The molecule has 0 saturated carbocycles. The highest BCUT2D eigenvalue weighted by molar-refractivity contribution is 8.14. The number of phenols is 1. The summed E-state index contributed by atoms with van der Waals surface area (Å²) in [4.78, 5) is 2.05. The molecule has 1 fully saturated rings. The molecule has 3 nitrogen and oxygen atoms in total. The van der Waals surface area contributed by atoms with Crippen LogP contribution in [0.4, 0.5) is 0 Å². The van der Waals surface area contributed by atoms with Crippen molar-refractivity contribution in [1.29, 1.82) is 5.41 Å². The molecule has 1 aromatic carbocycles. The van der Waals surface area contributed by atoms with Gasteiger partial charge in [-0.15, -0.1) is 12.4 Å². The number of hydrogen-bond acceptors (Lipinski definition) is 3. The molecule has 1 saturated heterocycles. The van der Waals surface area contributed by atoms with E-state index in [9.17, 15) is 5.11 Å². The minimum absolute atomic E-state index is 0. The van der Waals surface area contributed by atoms with Crippen molar-refractivity contribution < 1.29 is 5.11 Å². The Morgan fingerprint density at radius 3 is 2.75 bits per heavy atom. The summed E-state index contributed by atoms with van der Waals surface area (Å²) in [6.45, 7) is 1.78. The molecule has 1 heterocycles. The Labute approximate surface area is 106 Å². The third-order valence-corrected chi connectivity index (χ3v) is 3.45. The van der Waals surface area contributed by atoms with Crippen LogP contribution in [-0.2, 0) is 6.42 Å². The number of hydrogen-bond donors (Lipinski definition) is 2. The third kappa shape index (κ3) is 3.06. The molecule has 16 heavy (non-hydrogen) atoms. The maximum Gasteiger partial charge on any atom is 0.156 e. The zero-order valence-electron chi connectivity index (χ0n) is 8.85. The second-order valence-electron chi connectivity index (χ2n) is 3.52. The molecule has 0 radical (unpaired) electrons. The van der Waals surface area contributed by atoms with Crippen LogP contribution in [0.1, 0.15) is 5.56 Å². The fraction of sp³-hybridized carbons (Fsp3) is 0.364. The van der Waals surface area contributed by atoms with Gasteiger partial charge >= 0.3 is 0 Å². The van der Waals surface area contributed by atoms with Gasteiger partial charge < -0.3 is 10.0 Å². The summed E-state index contributed by atoms with van der Waals surface area (Å²) in [6, 6.07) is 7.40. The summed E-state index contributed by atoms with van der Waals surface area (Å²) in [5, 5.41) is 17.9. The standard InChI is InChI=1S/C11H14N2OS.ClH/c12-11-13(7-8-15-11)6-5-9-3-1-2-4-10(9)14;/h1-4,12,14H,5-8H2;1H. The van der Waals surface area contributed by atoms with E-state index in [4.69, 9.17) is 5.41 Å². The Morgan fingerprint density at radius 1 is 1.38 bits per heavy atom. The normalized spacial score (nSPS) is 15.0. The molecule has 0 amide bonds. The third-order valence-electron chi connectivity index (χ3n) is 2.53. The molecule has 0 atom stereocenters. The van der Waals surface area contributed by atoms with Crippen LogP contribution < -0.4 is 0 Å². The van der Waals surface area contributed by atoms with Gasteiger partial charge in [0, 0.05) is 18.8 Å². The van der Waals surface area contributed by atoms with E-state index in [1.165, 1.54) is 0 Å². The monoisotopic (exact) mass is 258 g/mol. The number of thioether (sulfide) groups is 1. The van der Waals surface area contributed by atoms with Gasteiger partial charge in [0.2, 0.25) is 0 Å². The Bertz CT molecular complexity index is 373. The van der Waals surface area contributed by atoms with Crippen molar-refractivity contribution in [2.75, 3.05) is 18.8 Å². The molecule has 0 spiro atoms. The van der Waals surface area contributed by atoms with E-state index >= 15 is 0 Å². The predicted octanol–water partition coefficient (Wildman–Crippen LogP) is 2.34. The van der Waals surface area contributed by atoms with Gasteiger partial charge in [-0.1, -0.05) is 30.0 Å². The molecule has 0 unspecified atom stereocenters. The molecule has 88 valence electrons. The minimum Gasteiger partial charge on any atom is -0.508 e. The zero-order valence-corrected chi connectivity index (χ0v) is 10.5. The van der Waals surface area contributed by atoms with Gasteiger partial charge in [0.05, 0.1) is 0 Å². The molecule has 2 N–H and O–H groups in total. The minimum atomic E-state index is 0. The lowest BCUT2D eigenvalue weighted by Crippen LogP contribution is -2.26. The smallest absolute Gasteiger partial charge is 0.156 e. The van der Waals surface area contributed by atoms with E-state index in [0.29, 0.717) is 10.9 Å². The van der Waals surface area contributed by atoms with Gasteiger partial charge in [0.1, 0.15) is 5.75 Å². The average Bonchev–Trinajstić information content (AvgIpc) is 2.63. The van der Waals surface area contributed by atoms with Crippen LogP contribution in [-0.4, -0.2) is 34.0 Å². The first-order chi connectivity index (χ1) is 7.27. The topological polar surface area (TPSA) is 47.3 Å². The second kappa shape index (κ2) is 6.01. The molecule has 1 aliphatic heterocycles. The van der Waals surface area contributed by atoms with Crippen LogP contribution in [0, 0.1) is 5.41 Å². The summed E-state index contributed by atoms with van der Waals surface area (Å²) >= 11 is 1.59. The van der Waals surface area contributed by atoms with E-state index in [2.05, 4.69) is 4.90 Å². The van der Waals surface area contributed by atoms with E-state index in [1.54, 1.807) is 17.8 Å². The Balaban J connectivity index is 0.00000128. The van der Waals surface area contributed by atoms with Gasteiger partial charge in [-0.25, -0.2) is 0 Å². The summed E-state index contributed by atoms with van der Waals surface area (Å²) in [6.07, 6.45) is 0.801. The summed E-state index contributed by atoms with van der Waals surface area (Å²) in [7, 11) is 0. The number of amidine groups is 1. The lowest BCUT2D eigenvalue weighted by molar-refractivity contribution is 0.443. The van der Waals surface area contributed by atoms with Gasteiger partial charge in [-0.3, -0.25) is 5.41 Å². The summed E-state index contributed by atoms with van der Waals surface area (Å²) < 4.78 is 0. The van der Waals surface area contributed by atoms with Crippen molar-refractivity contribution in [2.45, 2.75) is 6.42 Å². The fourth-order valence-corrected chi connectivity index (χ4v) is 2.51. The number of para-hydroxylation sites is 1. The van der Waals surface area contributed by atoms with E-state index in [0.717, 1.165) is 30.8 Å². The molecular formula is C11H15ClN2OS. The molecule has 1 aromatic rings. The number of nitrogens with zero attached hydrogens (tertiary/aromatic N) is 1. The first-order valence-electron chi connectivity index (χ1n) is 5.00. The lowest BCUT2D eigenvalue weighted by Gasteiger charge is -2.16. The van der Waals surface area contributed by atoms with Gasteiger partial charge in [-0.05, 0) is 18.1 Å². The van der Waals surface area contributed by atoms with Gasteiger partial charge in [-0.2, -0.15) is 0 Å². The molecule has 2 rings (SSSR count). The van der Waals surface area contributed by atoms with Crippen LogP contribution in [0.15, 0.2) is 24.3 Å². The summed E-state index contributed by atoms with van der Waals surface area (Å²) in [5.74, 6) is 1.37. The van der Waals surface area contributed by atoms with E-state index in [-0.39, 0.29) is 12.4 Å².